The third-order valence-corrected chi connectivity index (χ3v) is 5.46. The Morgan fingerprint density at radius 2 is 2.00 bits per heavy atom. The molecule has 0 bridgehead atoms. The Bertz CT molecular complexity index is 1200. The van der Waals surface area contributed by atoms with Crippen molar-refractivity contribution in [1.82, 2.24) is 24.8 Å². The van der Waals surface area contributed by atoms with Gasteiger partial charge in [-0.05, 0) is 39.8 Å². The summed E-state index contributed by atoms with van der Waals surface area (Å²) in [5.74, 6) is 0.698. The zero-order chi connectivity index (χ0) is 23.0. The summed E-state index contributed by atoms with van der Waals surface area (Å²) in [6.07, 6.45) is 0.888. The van der Waals surface area contributed by atoms with Crippen molar-refractivity contribution in [3.8, 4) is 5.88 Å². The lowest BCUT2D eigenvalue weighted by Crippen LogP contribution is -2.48. The Balaban J connectivity index is 1.50. The maximum absolute atomic E-state index is 12.8. The second-order valence-corrected chi connectivity index (χ2v) is 8.39. The normalized spacial score (nSPS) is 19.7. The number of pyridine rings is 2. The molecule has 1 aliphatic heterocycles. The van der Waals surface area contributed by atoms with E-state index in [-0.39, 0.29) is 29.2 Å². The Hall–Kier alpha value is -3.04. The highest BCUT2D eigenvalue weighted by Crippen LogP contribution is 2.27. The van der Waals surface area contributed by atoms with Gasteiger partial charge in [-0.25, -0.2) is 15.0 Å². The molecule has 3 aromatic rings. The summed E-state index contributed by atoms with van der Waals surface area (Å²) >= 11 is 6.37. The van der Waals surface area contributed by atoms with Crippen molar-refractivity contribution in [3.63, 3.8) is 0 Å². The van der Waals surface area contributed by atoms with Gasteiger partial charge in [-0.15, -0.1) is 0 Å². The number of rotatable bonds is 4. The summed E-state index contributed by atoms with van der Waals surface area (Å²) in [5.41, 5.74) is 1.13. The molecule has 1 saturated heterocycles. The summed E-state index contributed by atoms with van der Waals surface area (Å²) in [7, 11) is 0. The molecule has 0 saturated carbocycles. The number of aryl methyl sites for hydroxylation is 1. The Kier molecular flexibility index (Phi) is 6.12. The number of carbonyl (C=O) groups is 1. The summed E-state index contributed by atoms with van der Waals surface area (Å²) < 4.78 is 11.6. The number of hydrogen-bond acceptors (Lipinski definition) is 7. The number of nitrogens with one attached hydrogen (secondary N) is 1. The molecule has 3 atom stereocenters. The highest BCUT2D eigenvalue weighted by atomic mass is 35.5. The van der Waals surface area contributed by atoms with Gasteiger partial charge in [0, 0.05) is 25.4 Å². The van der Waals surface area contributed by atoms with E-state index >= 15 is 0 Å². The average Bonchev–Trinajstić information content (AvgIpc) is 2.72. The lowest BCUT2D eigenvalue weighted by Gasteiger charge is -2.35. The summed E-state index contributed by atoms with van der Waals surface area (Å²) in [6.45, 7) is 8.42. The molecule has 1 N–H and O–H groups in total. The van der Waals surface area contributed by atoms with Crippen molar-refractivity contribution in [3.05, 3.63) is 56.9 Å². The van der Waals surface area contributed by atoms with E-state index in [1.165, 1.54) is 6.20 Å². The lowest BCUT2D eigenvalue weighted by molar-refractivity contribution is -0.0586. The molecule has 10 heteroatoms. The van der Waals surface area contributed by atoms with Crippen molar-refractivity contribution < 1.29 is 14.3 Å². The van der Waals surface area contributed by atoms with Crippen LogP contribution in [0.4, 0.5) is 0 Å². The minimum atomic E-state index is -0.581. The maximum atomic E-state index is 12.8. The number of morpholine rings is 1. The zero-order valence-corrected chi connectivity index (χ0v) is 19.0. The van der Waals surface area contributed by atoms with E-state index in [2.05, 4.69) is 19.9 Å². The highest BCUT2D eigenvalue weighted by Gasteiger charge is 2.27. The molecule has 1 amide bonds. The average molecular weight is 458 g/mol. The van der Waals surface area contributed by atoms with Gasteiger partial charge in [-0.1, -0.05) is 11.6 Å². The number of carbonyl (C=O) groups excluding carboxylic acids is 1. The van der Waals surface area contributed by atoms with Crippen LogP contribution in [-0.4, -0.2) is 56.0 Å². The number of halogens is 1. The molecule has 1 aliphatic rings. The van der Waals surface area contributed by atoms with Crippen molar-refractivity contribution in [2.45, 2.75) is 46.0 Å². The van der Waals surface area contributed by atoms with Crippen molar-refractivity contribution >= 4 is 28.5 Å². The largest absolute Gasteiger partial charge is 0.468 e. The fraction of sp³-hybridized carbons (Fsp3) is 0.409. The molecule has 0 aromatic carbocycles. The number of ether oxygens (including phenoxy) is 2. The topological polar surface area (TPSA) is 110 Å². The molecule has 32 heavy (non-hydrogen) atoms. The molecule has 0 radical (unpaired) electrons. The number of H-pyrrole nitrogens is 1. The van der Waals surface area contributed by atoms with Crippen molar-refractivity contribution in [1.29, 1.82) is 0 Å². The quantitative estimate of drug-likeness (QED) is 0.640. The molecule has 0 aliphatic carbocycles. The standard InChI is InChI=1S/C22H24ClN5O4/c1-11-9-28(10-12(2)31-11)22(30)15-5-6-18(24-8-15)32-13(3)19-16(23)7-17-20(27-19)21(29)26-14(4)25-17/h5-8,11-13H,9-10H2,1-4H3,(H,25,26,29). The number of fused-ring (bicyclic) bond motifs is 1. The minimum Gasteiger partial charge on any atom is -0.468 e. The van der Waals surface area contributed by atoms with E-state index in [4.69, 9.17) is 21.1 Å². The first-order valence-electron chi connectivity index (χ1n) is 10.4. The SMILES string of the molecule is Cc1nc2cc(Cl)c(C(C)Oc3ccc(C(=O)N4CC(C)OC(C)C4)cn3)nc2c(=O)[nH]1. The first kappa shape index (κ1) is 22.2. The fourth-order valence-corrected chi connectivity index (χ4v) is 4.10. The number of aromatic nitrogens is 4. The highest BCUT2D eigenvalue weighted by molar-refractivity contribution is 6.31. The van der Waals surface area contributed by atoms with Crippen LogP contribution < -0.4 is 10.3 Å². The third kappa shape index (κ3) is 4.58. The zero-order valence-electron chi connectivity index (χ0n) is 18.3. The van der Waals surface area contributed by atoms with Gasteiger partial charge in [0.15, 0.2) is 5.52 Å². The number of hydrogen-bond donors (Lipinski definition) is 1. The van der Waals surface area contributed by atoms with Gasteiger partial charge in [-0.2, -0.15) is 0 Å². The molecule has 4 rings (SSSR count). The maximum Gasteiger partial charge on any atom is 0.277 e. The molecule has 0 spiro atoms. The van der Waals surface area contributed by atoms with Gasteiger partial charge in [-0.3, -0.25) is 9.59 Å². The van der Waals surface area contributed by atoms with E-state index in [9.17, 15) is 9.59 Å². The van der Waals surface area contributed by atoms with Gasteiger partial charge in [0.05, 0.1) is 28.3 Å². The van der Waals surface area contributed by atoms with Crippen molar-refractivity contribution in [2.24, 2.45) is 0 Å². The van der Waals surface area contributed by atoms with E-state index in [0.29, 0.717) is 46.6 Å². The van der Waals surface area contributed by atoms with Gasteiger partial charge in [0.2, 0.25) is 5.88 Å². The number of aromatic amines is 1. The summed E-state index contributed by atoms with van der Waals surface area (Å²) in [6, 6.07) is 4.90. The van der Waals surface area contributed by atoms with Crippen molar-refractivity contribution in [2.75, 3.05) is 13.1 Å². The van der Waals surface area contributed by atoms with Crippen LogP contribution in [0.1, 0.15) is 48.8 Å². The van der Waals surface area contributed by atoms with Crippen LogP contribution in [0.5, 0.6) is 5.88 Å². The number of nitrogens with zero attached hydrogens (tertiary/aromatic N) is 4. The van der Waals surface area contributed by atoms with E-state index in [1.807, 2.05) is 13.8 Å². The van der Waals surface area contributed by atoms with Gasteiger partial charge in [0.1, 0.15) is 17.6 Å². The van der Waals surface area contributed by atoms with Crippen LogP contribution in [0.3, 0.4) is 0 Å². The molecule has 1 fully saturated rings. The van der Waals surface area contributed by atoms with Crippen LogP contribution in [0.15, 0.2) is 29.2 Å². The molecule has 3 aromatic heterocycles. The first-order chi connectivity index (χ1) is 15.2. The smallest absolute Gasteiger partial charge is 0.277 e. The van der Waals surface area contributed by atoms with Gasteiger partial charge < -0.3 is 19.4 Å². The predicted molar refractivity (Wildman–Crippen MR) is 119 cm³/mol. The Morgan fingerprint density at radius 1 is 1.28 bits per heavy atom. The van der Waals surface area contributed by atoms with Crippen LogP contribution in [0.25, 0.3) is 11.0 Å². The minimum absolute atomic E-state index is 0.00957. The second kappa shape index (κ2) is 8.84. The molecule has 9 nitrogen and oxygen atoms in total. The predicted octanol–water partition coefficient (Wildman–Crippen LogP) is 3.06. The molecular formula is C22H24ClN5O4. The monoisotopic (exact) mass is 457 g/mol. The molecule has 3 unspecified atom stereocenters. The van der Waals surface area contributed by atoms with Crippen LogP contribution in [-0.2, 0) is 4.74 Å². The summed E-state index contributed by atoms with van der Waals surface area (Å²) in [4.78, 5) is 42.3. The molecular weight excluding hydrogens is 434 g/mol. The Morgan fingerprint density at radius 3 is 2.66 bits per heavy atom. The van der Waals surface area contributed by atoms with Gasteiger partial charge >= 0.3 is 0 Å². The molecule has 4 heterocycles. The third-order valence-electron chi connectivity index (χ3n) is 5.15. The van der Waals surface area contributed by atoms with Crippen LogP contribution >= 0.6 is 11.6 Å². The van der Waals surface area contributed by atoms with Crippen LogP contribution in [0, 0.1) is 6.92 Å². The second-order valence-electron chi connectivity index (χ2n) is 7.99. The number of amides is 1. The van der Waals surface area contributed by atoms with Gasteiger partial charge in [0.25, 0.3) is 11.5 Å². The van der Waals surface area contributed by atoms with E-state index < -0.39 is 6.10 Å². The van der Waals surface area contributed by atoms with Crippen LogP contribution in [0.2, 0.25) is 5.02 Å². The van der Waals surface area contributed by atoms with E-state index in [0.717, 1.165) is 0 Å². The summed E-state index contributed by atoms with van der Waals surface area (Å²) in [5, 5.41) is 0.338. The fourth-order valence-electron chi connectivity index (χ4n) is 3.80. The Labute approximate surface area is 189 Å². The first-order valence-corrected chi connectivity index (χ1v) is 10.7. The lowest BCUT2D eigenvalue weighted by atomic mass is 10.2. The molecule has 168 valence electrons. The van der Waals surface area contributed by atoms with E-state index in [1.54, 1.807) is 36.9 Å².